The Labute approximate surface area is 188 Å². The van der Waals surface area contributed by atoms with Crippen LogP contribution in [0.4, 0.5) is 13.2 Å². The molecule has 5 aromatic rings. The van der Waals surface area contributed by atoms with Crippen molar-refractivity contribution in [3.63, 3.8) is 0 Å². The minimum absolute atomic E-state index is 0.0508. The number of nitrogens with one attached hydrogen (secondary N) is 2. The Hall–Kier alpha value is -4.28. The maximum Gasteiger partial charge on any atom is 0.433 e. The Balaban J connectivity index is 1.40. The van der Waals surface area contributed by atoms with Gasteiger partial charge in [0.25, 0.3) is 5.56 Å². The number of rotatable bonds is 3. The first-order chi connectivity index (χ1) is 16.3. The van der Waals surface area contributed by atoms with Gasteiger partial charge in [-0.1, -0.05) is 18.2 Å². The number of pyridine rings is 1. The minimum Gasteiger partial charge on any atom is -0.313 e. The summed E-state index contributed by atoms with van der Waals surface area (Å²) in [5.74, 6) is 0.131. The summed E-state index contributed by atoms with van der Waals surface area (Å²) in [7, 11) is 0. The number of nitrogens with zero attached hydrogens (tertiary/aromatic N) is 4. The van der Waals surface area contributed by atoms with E-state index in [4.69, 9.17) is 0 Å². The van der Waals surface area contributed by atoms with Crippen molar-refractivity contribution < 1.29 is 13.2 Å². The minimum atomic E-state index is -4.51. The van der Waals surface area contributed by atoms with E-state index in [2.05, 4.69) is 25.0 Å². The van der Waals surface area contributed by atoms with Gasteiger partial charge in [-0.05, 0) is 41.3 Å². The van der Waals surface area contributed by atoms with Gasteiger partial charge in [-0.2, -0.15) is 18.3 Å². The molecular formula is C23H15F3N6O2. The third kappa shape index (κ3) is 3.36. The Morgan fingerprint density at radius 3 is 2.68 bits per heavy atom. The summed E-state index contributed by atoms with van der Waals surface area (Å²) in [4.78, 5) is 36.2. The number of halogens is 3. The van der Waals surface area contributed by atoms with Gasteiger partial charge in [0.1, 0.15) is 5.69 Å². The molecule has 11 heteroatoms. The number of H-pyrrole nitrogens is 2. The highest BCUT2D eigenvalue weighted by Crippen LogP contribution is 2.56. The van der Waals surface area contributed by atoms with Gasteiger partial charge in [0.05, 0.1) is 11.3 Å². The highest BCUT2D eigenvalue weighted by atomic mass is 19.4. The summed E-state index contributed by atoms with van der Waals surface area (Å²) >= 11 is 0. The van der Waals surface area contributed by atoms with E-state index < -0.39 is 23.1 Å². The fourth-order valence-electron chi connectivity index (χ4n) is 4.40. The zero-order valence-corrected chi connectivity index (χ0v) is 17.3. The van der Waals surface area contributed by atoms with Crippen LogP contribution in [-0.2, 0) is 6.18 Å². The van der Waals surface area contributed by atoms with Crippen LogP contribution in [0.1, 0.15) is 35.1 Å². The highest BCUT2D eigenvalue weighted by molar-refractivity contribution is 5.83. The van der Waals surface area contributed by atoms with Crippen LogP contribution in [-0.4, -0.2) is 29.5 Å². The van der Waals surface area contributed by atoms with Crippen LogP contribution in [0.2, 0.25) is 0 Å². The Morgan fingerprint density at radius 2 is 1.88 bits per heavy atom. The van der Waals surface area contributed by atoms with Crippen LogP contribution in [0.15, 0.2) is 64.7 Å². The molecule has 1 fully saturated rings. The summed E-state index contributed by atoms with van der Waals surface area (Å²) in [6.07, 6.45) is 2.09. The largest absolute Gasteiger partial charge is 0.433 e. The second kappa shape index (κ2) is 7.11. The van der Waals surface area contributed by atoms with Crippen LogP contribution < -0.4 is 11.2 Å². The first-order valence-electron chi connectivity index (χ1n) is 10.4. The Bertz CT molecular complexity index is 1700. The topological polar surface area (TPSA) is 109 Å². The Kier molecular flexibility index (Phi) is 4.25. The third-order valence-electron chi connectivity index (χ3n) is 6.14. The predicted molar refractivity (Wildman–Crippen MR) is 117 cm³/mol. The summed E-state index contributed by atoms with van der Waals surface area (Å²) in [5, 5.41) is 5.55. The van der Waals surface area contributed by atoms with Crippen molar-refractivity contribution in [1.82, 2.24) is 29.5 Å². The average molecular weight is 464 g/mol. The molecule has 1 aliphatic carbocycles. The molecule has 1 aromatic carbocycles. The lowest BCUT2D eigenvalue weighted by Gasteiger charge is -2.09. The third-order valence-corrected chi connectivity index (χ3v) is 6.14. The summed E-state index contributed by atoms with van der Waals surface area (Å²) < 4.78 is 40.9. The lowest BCUT2D eigenvalue weighted by atomic mass is 10.0. The van der Waals surface area contributed by atoms with E-state index in [0.29, 0.717) is 22.1 Å². The van der Waals surface area contributed by atoms with Crippen molar-refractivity contribution in [3.05, 3.63) is 92.8 Å². The zero-order valence-electron chi connectivity index (χ0n) is 17.3. The van der Waals surface area contributed by atoms with E-state index in [1.807, 2.05) is 6.07 Å². The molecule has 0 unspecified atom stereocenters. The van der Waals surface area contributed by atoms with Crippen molar-refractivity contribution in [2.24, 2.45) is 0 Å². The van der Waals surface area contributed by atoms with Gasteiger partial charge in [0, 0.05) is 35.7 Å². The molecule has 1 aliphatic rings. The van der Waals surface area contributed by atoms with E-state index in [1.54, 1.807) is 35.1 Å². The molecule has 34 heavy (non-hydrogen) atoms. The molecule has 6 rings (SSSR count). The van der Waals surface area contributed by atoms with Crippen molar-refractivity contribution in [1.29, 1.82) is 0 Å². The van der Waals surface area contributed by atoms with Gasteiger partial charge in [-0.25, -0.2) is 14.3 Å². The van der Waals surface area contributed by atoms with Gasteiger partial charge in [-0.3, -0.25) is 14.8 Å². The van der Waals surface area contributed by atoms with Crippen molar-refractivity contribution in [2.45, 2.75) is 24.4 Å². The second-order valence-electron chi connectivity index (χ2n) is 8.29. The molecule has 8 nitrogen and oxygen atoms in total. The molecular weight excluding hydrogens is 449 g/mol. The van der Waals surface area contributed by atoms with E-state index in [9.17, 15) is 22.8 Å². The first kappa shape index (κ1) is 20.3. The lowest BCUT2D eigenvalue weighted by Crippen LogP contribution is -2.23. The van der Waals surface area contributed by atoms with Gasteiger partial charge >= 0.3 is 11.9 Å². The number of benzene rings is 1. The Morgan fingerprint density at radius 1 is 1.03 bits per heavy atom. The summed E-state index contributed by atoms with van der Waals surface area (Å²) in [6, 6.07) is 8.29. The molecule has 2 atom stereocenters. The quantitative estimate of drug-likeness (QED) is 0.424. The molecule has 170 valence electrons. The van der Waals surface area contributed by atoms with E-state index in [1.165, 1.54) is 12.4 Å². The summed E-state index contributed by atoms with van der Waals surface area (Å²) in [6.45, 7) is 0. The van der Waals surface area contributed by atoms with Crippen molar-refractivity contribution in [2.75, 3.05) is 0 Å². The molecule has 4 heterocycles. The normalized spacial score (nSPS) is 18.0. The fourth-order valence-corrected chi connectivity index (χ4v) is 4.40. The monoisotopic (exact) mass is 464 g/mol. The van der Waals surface area contributed by atoms with Crippen molar-refractivity contribution in [3.8, 4) is 11.3 Å². The van der Waals surface area contributed by atoms with Gasteiger partial charge in [0.15, 0.2) is 5.65 Å². The van der Waals surface area contributed by atoms with Crippen molar-refractivity contribution >= 4 is 16.4 Å². The van der Waals surface area contributed by atoms with E-state index >= 15 is 0 Å². The van der Waals surface area contributed by atoms with Crippen LogP contribution in [0.25, 0.3) is 27.7 Å². The first-order valence-corrected chi connectivity index (χ1v) is 10.4. The number of aromatic amines is 2. The van der Waals surface area contributed by atoms with Crippen LogP contribution >= 0.6 is 0 Å². The van der Waals surface area contributed by atoms with Gasteiger partial charge in [0.2, 0.25) is 0 Å². The van der Waals surface area contributed by atoms with E-state index in [-0.39, 0.29) is 17.4 Å². The number of hydrogen-bond acceptors (Lipinski definition) is 5. The molecule has 1 saturated carbocycles. The smallest absolute Gasteiger partial charge is 0.313 e. The second-order valence-corrected chi connectivity index (χ2v) is 8.29. The molecule has 0 saturated heterocycles. The van der Waals surface area contributed by atoms with Gasteiger partial charge < -0.3 is 4.98 Å². The van der Waals surface area contributed by atoms with Crippen LogP contribution in [0.3, 0.4) is 0 Å². The summed E-state index contributed by atoms with van der Waals surface area (Å²) in [5.41, 5.74) is 0.931. The van der Waals surface area contributed by atoms with Crippen LogP contribution in [0, 0.1) is 0 Å². The molecule has 0 aliphatic heterocycles. The predicted octanol–water partition coefficient (Wildman–Crippen LogP) is 3.61. The molecule has 4 aromatic heterocycles. The molecule has 0 radical (unpaired) electrons. The molecule has 2 N–H and O–H groups in total. The fraction of sp³-hybridized carbons (Fsp3) is 0.174. The van der Waals surface area contributed by atoms with E-state index in [0.717, 1.165) is 23.6 Å². The number of alkyl halides is 3. The maximum absolute atomic E-state index is 13.1. The average Bonchev–Trinajstić information content (AvgIpc) is 3.45. The molecule has 0 spiro atoms. The van der Waals surface area contributed by atoms with Crippen LogP contribution in [0.5, 0.6) is 0 Å². The molecule has 0 bridgehead atoms. The molecule has 0 amide bonds. The van der Waals surface area contributed by atoms with Gasteiger partial charge in [-0.15, -0.1) is 0 Å². The lowest BCUT2D eigenvalue weighted by molar-refractivity contribution is -0.141. The maximum atomic E-state index is 13.1. The SMILES string of the molecule is O=c1[nH]cc(-c2cc([C@@H]3C[C@H]3c3ccc4cnc(C(F)(F)F)cc4c3)c3nccn3n2)c(=O)[nH]1. The zero-order chi connectivity index (χ0) is 23.6. The number of fused-ring (bicyclic) bond motifs is 2. The number of aromatic nitrogens is 6. The standard InChI is InChI=1S/C23H15F3N6O2/c24-23(25,26)19-6-13-5-11(1-2-12(13)9-28-19)14-7-15(14)16-8-18(31-32-4-3-27-20(16)32)17-10-29-22(34)30-21(17)33/h1-6,8-10,14-15H,7H2,(H2,29,30,33,34)/t14-,15+/m0/s1. The number of imidazole rings is 1. The number of hydrogen-bond donors (Lipinski definition) is 2. The highest BCUT2D eigenvalue weighted by Gasteiger charge is 2.41.